The standard InChI is InChI=1S/C19H24N2O2/c1-2-18(22)21-17-5-3-4-16(12-17)19(23)20-9-8-15-11-13-6-7-14(15)10-13/h3-7,12-15H,2,8-11H2,1H3,(H,20,23)(H,21,22)/t13-,14+,15-/m1/s1. The lowest BCUT2D eigenvalue weighted by Gasteiger charge is -2.18. The van der Waals surface area contributed by atoms with Crippen molar-refractivity contribution in [3.8, 4) is 0 Å². The molecule has 122 valence electrons. The largest absolute Gasteiger partial charge is 0.352 e. The maximum absolute atomic E-state index is 12.2. The highest BCUT2D eigenvalue weighted by Gasteiger charge is 2.34. The highest BCUT2D eigenvalue weighted by Crippen LogP contribution is 2.44. The van der Waals surface area contributed by atoms with Gasteiger partial charge in [-0.2, -0.15) is 0 Å². The SMILES string of the molecule is CCC(=O)Nc1cccc(C(=O)NCC[C@@H]2C[C@@H]3C=C[C@H]2C3)c1. The van der Waals surface area contributed by atoms with Crippen molar-refractivity contribution in [1.82, 2.24) is 5.32 Å². The summed E-state index contributed by atoms with van der Waals surface area (Å²) in [5.41, 5.74) is 1.26. The Morgan fingerprint density at radius 1 is 1.22 bits per heavy atom. The fourth-order valence-electron chi connectivity index (χ4n) is 3.69. The van der Waals surface area contributed by atoms with Crippen molar-refractivity contribution in [1.29, 1.82) is 0 Å². The first-order valence-electron chi connectivity index (χ1n) is 8.52. The molecule has 1 aromatic rings. The van der Waals surface area contributed by atoms with Crippen LogP contribution in [-0.4, -0.2) is 18.4 Å². The summed E-state index contributed by atoms with van der Waals surface area (Å²) in [6.07, 6.45) is 8.74. The molecule has 0 radical (unpaired) electrons. The highest BCUT2D eigenvalue weighted by molar-refractivity contribution is 5.97. The van der Waals surface area contributed by atoms with Crippen molar-refractivity contribution in [2.24, 2.45) is 17.8 Å². The smallest absolute Gasteiger partial charge is 0.251 e. The summed E-state index contributed by atoms with van der Waals surface area (Å²) in [7, 11) is 0. The van der Waals surface area contributed by atoms with Gasteiger partial charge in [-0.05, 0) is 55.2 Å². The third-order valence-electron chi connectivity index (χ3n) is 4.95. The van der Waals surface area contributed by atoms with E-state index >= 15 is 0 Å². The molecule has 1 fully saturated rings. The van der Waals surface area contributed by atoms with Gasteiger partial charge in [-0.3, -0.25) is 9.59 Å². The second kappa shape index (κ2) is 6.99. The van der Waals surface area contributed by atoms with Gasteiger partial charge in [-0.1, -0.05) is 25.1 Å². The molecule has 4 nitrogen and oxygen atoms in total. The maximum atomic E-state index is 12.2. The zero-order chi connectivity index (χ0) is 16.2. The molecular formula is C19H24N2O2. The number of amides is 2. The average molecular weight is 312 g/mol. The summed E-state index contributed by atoms with van der Waals surface area (Å²) in [6.45, 7) is 2.52. The minimum Gasteiger partial charge on any atom is -0.352 e. The van der Waals surface area contributed by atoms with Crippen molar-refractivity contribution in [2.75, 3.05) is 11.9 Å². The number of allylic oxidation sites excluding steroid dienone is 2. The molecule has 1 aromatic carbocycles. The van der Waals surface area contributed by atoms with E-state index in [0.29, 0.717) is 24.2 Å². The van der Waals surface area contributed by atoms with Gasteiger partial charge in [-0.25, -0.2) is 0 Å². The van der Waals surface area contributed by atoms with Crippen molar-refractivity contribution in [2.45, 2.75) is 32.6 Å². The summed E-state index contributed by atoms with van der Waals surface area (Å²) in [6, 6.07) is 7.09. The van der Waals surface area contributed by atoms with E-state index in [0.717, 1.165) is 24.2 Å². The number of nitrogens with one attached hydrogen (secondary N) is 2. The molecule has 2 bridgehead atoms. The van der Waals surface area contributed by atoms with Gasteiger partial charge >= 0.3 is 0 Å². The summed E-state index contributed by atoms with van der Waals surface area (Å²) in [5.74, 6) is 2.10. The fraction of sp³-hybridized carbons (Fsp3) is 0.474. The third kappa shape index (κ3) is 3.81. The Morgan fingerprint density at radius 2 is 2.09 bits per heavy atom. The monoisotopic (exact) mass is 312 g/mol. The number of carbonyl (C=O) groups is 2. The molecule has 0 spiro atoms. The molecule has 2 aliphatic carbocycles. The van der Waals surface area contributed by atoms with Crippen LogP contribution in [-0.2, 0) is 4.79 Å². The number of benzene rings is 1. The van der Waals surface area contributed by atoms with Crippen LogP contribution in [0, 0.1) is 17.8 Å². The van der Waals surface area contributed by atoms with Gasteiger partial charge in [0.15, 0.2) is 0 Å². The second-order valence-corrected chi connectivity index (χ2v) is 6.57. The normalized spacial score (nSPS) is 24.7. The average Bonchev–Trinajstić information content (AvgIpc) is 3.18. The van der Waals surface area contributed by atoms with E-state index in [2.05, 4.69) is 22.8 Å². The topological polar surface area (TPSA) is 58.2 Å². The van der Waals surface area contributed by atoms with Gasteiger partial charge in [0.05, 0.1) is 0 Å². The molecule has 3 rings (SSSR count). The summed E-state index contributed by atoms with van der Waals surface area (Å²) < 4.78 is 0. The van der Waals surface area contributed by atoms with Gasteiger partial charge in [0, 0.05) is 24.2 Å². The van der Waals surface area contributed by atoms with E-state index in [1.807, 2.05) is 0 Å². The number of hydrogen-bond donors (Lipinski definition) is 2. The first-order chi connectivity index (χ1) is 11.2. The lowest BCUT2D eigenvalue weighted by atomic mass is 9.90. The molecule has 2 aliphatic rings. The molecule has 0 heterocycles. The zero-order valence-electron chi connectivity index (χ0n) is 13.5. The predicted molar refractivity (Wildman–Crippen MR) is 91.2 cm³/mol. The molecule has 2 amide bonds. The lowest BCUT2D eigenvalue weighted by Crippen LogP contribution is -2.26. The van der Waals surface area contributed by atoms with Gasteiger partial charge in [0.25, 0.3) is 5.91 Å². The van der Waals surface area contributed by atoms with Crippen LogP contribution in [0.15, 0.2) is 36.4 Å². The van der Waals surface area contributed by atoms with Crippen LogP contribution < -0.4 is 10.6 Å². The highest BCUT2D eigenvalue weighted by atomic mass is 16.2. The molecule has 4 heteroatoms. The second-order valence-electron chi connectivity index (χ2n) is 6.57. The van der Waals surface area contributed by atoms with Crippen molar-refractivity contribution < 1.29 is 9.59 Å². The minimum atomic E-state index is -0.0729. The van der Waals surface area contributed by atoms with Crippen molar-refractivity contribution in [3.63, 3.8) is 0 Å². The summed E-state index contributed by atoms with van der Waals surface area (Å²) in [5, 5.41) is 5.78. The molecule has 2 N–H and O–H groups in total. The van der Waals surface area contributed by atoms with E-state index in [-0.39, 0.29) is 11.8 Å². The molecule has 1 saturated carbocycles. The summed E-state index contributed by atoms with van der Waals surface area (Å²) >= 11 is 0. The Labute approximate surface area is 137 Å². The number of anilines is 1. The number of rotatable bonds is 6. The van der Waals surface area contributed by atoms with Gasteiger partial charge in [0.2, 0.25) is 5.91 Å². The Kier molecular flexibility index (Phi) is 4.79. The number of carbonyl (C=O) groups excluding carboxylic acids is 2. The predicted octanol–water partition coefficient (Wildman–Crippen LogP) is 3.37. The van der Waals surface area contributed by atoms with Gasteiger partial charge < -0.3 is 10.6 Å². The fourth-order valence-corrected chi connectivity index (χ4v) is 3.69. The van der Waals surface area contributed by atoms with E-state index in [9.17, 15) is 9.59 Å². The Morgan fingerprint density at radius 3 is 2.78 bits per heavy atom. The summed E-state index contributed by atoms with van der Waals surface area (Å²) in [4.78, 5) is 23.7. The number of fused-ring (bicyclic) bond motifs is 2. The molecule has 23 heavy (non-hydrogen) atoms. The lowest BCUT2D eigenvalue weighted by molar-refractivity contribution is -0.115. The van der Waals surface area contributed by atoms with Crippen molar-refractivity contribution >= 4 is 17.5 Å². The Hall–Kier alpha value is -2.10. The first kappa shape index (κ1) is 15.8. The number of hydrogen-bond acceptors (Lipinski definition) is 2. The molecule has 0 unspecified atom stereocenters. The molecule has 0 aromatic heterocycles. The molecular weight excluding hydrogens is 288 g/mol. The quantitative estimate of drug-likeness (QED) is 0.791. The molecule has 3 atom stereocenters. The minimum absolute atomic E-state index is 0.0492. The van der Waals surface area contributed by atoms with Crippen LogP contribution >= 0.6 is 0 Å². The van der Waals surface area contributed by atoms with Crippen LogP contribution in [0.1, 0.15) is 43.0 Å². The Balaban J connectivity index is 1.49. The molecule has 0 saturated heterocycles. The van der Waals surface area contributed by atoms with Gasteiger partial charge in [0.1, 0.15) is 0 Å². The van der Waals surface area contributed by atoms with E-state index in [1.54, 1.807) is 31.2 Å². The Bertz CT molecular complexity index is 624. The van der Waals surface area contributed by atoms with E-state index in [1.165, 1.54) is 12.8 Å². The first-order valence-corrected chi connectivity index (χ1v) is 8.52. The zero-order valence-corrected chi connectivity index (χ0v) is 13.5. The van der Waals surface area contributed by atoms with E-state index < -0.39 is 0 Å². The van der Waals surface area contributed by atoms with Crippen LogP contribution in [0.3, 0.4) is 0 Å². The van der Waals surface area contributed by atoms with Crippen LogP contribution in [0.2, 0.25) is 0 Å². The van der Waals surface area contributed by atoms with Crippen LogP contribution in [0.4, 0.5) is 5.69 Å². The van der Waals surface area contributed by atoms with Crippen LogP contribution in [0.5, 0.6) is 0 Å². The van der Waals surface area contributed by atoms with Crippen molar-refractivity contribution in [3.05, 3.63) is 42.0 Å². The molecule has 0 aliphatic heterocycles. The maximum Gasteiger partial charge on any atom is 0.251 e. The van der Waals surface area contributed by atoms with E-state index in [4.69, 9.17) is 0 Å². The van der Waals surface area contributed by atoms with Gasteiger partial charge in [-0.15, -0.1) is 0 Å². The van der Waals surface area contributed by atoms with Crippen LogP contribution in [0.25, 0.3) is 0 Å². The third-order valence-corrected chi connectivity index (χ3v) is 4.95.